The summed E-state index contributed by atoms with van der Waals surface area (Å²) in [6, 6.07) is 5.36. The number of nitrogens with one attached hydrogen (secondary N) is 2. The zero-order valence-electron chi connectivity index (χ0n) is 12.5. The van der Waals surface area contributed by atoms with Crippen LogP contribution in [0.25, 0.3) is 0 Å². The Morgan fingerprint density at radius 1 is 1.24 bits per heavy atom. The van der Waals surface area contributed by atoms with Crippen molar-refractivity contribution in [1.82, 2.24) is 0 Å². The molecule has 2 amide bonds. The second kappa shape index (κ2) is 6.26. The number of aryl methyl sites for hydroxylation is 1. The number of aliphatic hydroxyl groups is 1. The van der Waals surface area contributed by atoms with Gasteiger partial charge in [0.15, 0.2) is 0 Å². The van der Waals surface area contributed by atoms with Crippen LogP contribution in [0.1, 0.15) is 44.6 Å². The molecule has 1 aromatic carbocycles. The second-order valence-corrected chi connectivity index (χ2v) is 5.87. The Bertz CT molecular complexity index is 548. The van der Waals surface area contributed by atoms with Crippen LogP contribution < -0.4 is 10.6 Å². The Labute approximate surface area is 124 Å². The minimum atomic E-state index is -0.854. The van der Waals surface area contributed by atoms with E-state index >= 15 is 0 Å². The Kier molecular flexibility index (Phi) is 4.63. The first kappa shape index (κ1) is 15.5. The molecule has 0 saturated heterocycles. The first-order chi connectivity index (χ1) is 9.88. The maximum absolute atomic E-state index is 12.1. The van der Waals surface area contributed by atoms with Crippen LogP contribution in [0.2, 0.25) is 0 Å². The van der Waals surface area contributed by atoms with Gasteiger partial charge in [-0.05, 0) is 37.5 Å². The van der Waals surface area contributed by atoms with Crippen molar-refractivity contribution in [3.63, 3.8) is 0 Å². The summed E-state index contributed by atoms with van der Waals surface area (Å²) in [5.74, 6) is -0.348. The molecule has 0 spiro atoms. The first-order valence-electron chi connectivity index (χ1n) is 7.28. The molecule has 1 aromatic rings. The number of hydrogen-bond donors (Lipinski definition) is 3. The van der Waals surface area contributed by atoms with E-state index in [4.69, 9.17) is 0 Å². The summed E-state index contributed by atoms with van der Waals surface area (Å²) in [7, 11) is 0. The molecule has 114 valence electrons. The number of carbonyl (C=O) groups excluding carboxylic acids is 2. The normalized spacial score (nSPS) is 16.5. The lowest BCUT2D eigenvalue weighted by Gasteiger charge is -2.21. The number of anilines is 2. The maximum Gasteiger partial charge on any atom is 0.227 e. The van der Waals surface area contributed by atoms with E-state index < -0.39 is 5.60 Å². The molecule has 0 aromatic heterocycles. The summed E-state index contributed by atoms with van der Waals surface area (Å²) in [6.07, 6.45) is 3.44. The van der Waals surface area contributed by atoms with Gasteiger partial charge in [-0.2, -0.15) is 0 Å². The van der Waals surface area contributed by atoms with Crippen LogP contribution in [0.3, 0.4) is 0 Å². The van der Waals surface area contributed by atoms with Crippen LogP contribution in [0.5, 0.6) is 0 Å². The lowest BCUT2D eigenvalue weighted by atomic mass is 9.97. The summed E-state index contributed by atoms with van der Waals surface area (Å²) < 4.78 is 0. The van der Waals surface area contributed by atoms with Gasteiger partial charge in [-0.1, -0.05) is 18.9 Å². The number of carbonyl (C=O) groups is 2. The zero-order chi connectivity index (χ0) is 15.5. The van der Waals surface area contributed by atoms with Crippen LogP contribution >= 0.6 is 0 Å². The largest absolute Gasteiger partial charge is 0.389 e. The van der Waals surface area contributed by atoms with Crippen LogP contribution in [0, 0.1) is 6.92 Å². The fourth-order valence-corrected chi connectivity index (χ4v) is 2.74. The summed E-state index contributed by atoms with van der Waals surface area (Å²) >= 11 is 0. The van der Waals surface area contributed by atoms with E-state index in [1.165, 1.54) is 6.92 Å². The molecule has 0 aliphatic heterocycles. The monoisotopic (exact) mass is 290 g/mol. The molecule has 0 bridgehead atoms. The molecule has 5 heteroatoms. The number of rotatable bonds is 4. The molecule has 1 aliphatic carbocycles. The molecule has 5 nitrogen and oxygen atoms in total. The molecule has 0 heterocycles. The van der Waals surface area contributed by atoms with Crippen molar-refractivity contribution >= 4 is 23.2 Å². The lowest BCUT2D eigenvalue weighted by Crippen LogP contribution is -2.30. The number of benzene rings is 1. The van der Waals surface area contributed by atoms with Gasteiger partial charge in [-0.3, -0.25) is 9.59 Å². The molecule has 0 radical (unpaired) electrons. The molecule has 1 fully saturated rings. The van der Waals surface area contributed by atoms with Crippen LogP contribution in [0.15, 0.2) is 18.2 Å². The fourth-order valence-electron chi connectivity index (χ4n) is 2.74. The average Bonchev–Trinajstić information content (AvgIpc) is 2.79. The highest BCUT2D eigenvalue weighted by molar-refractivity contribution is 5.94. The molecule has 0 unspecified atom stereocenters. The van der Waals surface area contributed by atoms with Crippen molar-refractivity contribution in [2.75, 3.05) is 10.6 Å². The van der Waals surface area contributed by atoms with Gasteiger partial charge in [0.05, 0.1) is 12.0 Å². The molecular formula is C16H22N2O3. The van der Waals surface area contributed by atoms with E-state index in [0.717, 1.165) is 18.4 Å². The summed E-state index contributed by atoms with van der Waals surface area (Å²) in [4.78, 5) is 23.2. The first-order valence-corrected chi connectivity index (χ1v) is 7.28. The van der Waals surface area contributed by atoms with E-state index in [2.05, 4.69) is 10.6 Å². The van der Waals surface area contributed by atoms with E-state index in [-0.39, 0.29) is 18.2 Å². The van der Waals surface area contributed by atoms with Gasteiger partial charge < -0.3 is 15.7 Å². The highest BCUT2D eigenvalue weighted by Crippen LogP contribution is 2.32. The highest BCUT2D eigenvalue weighted by Gasteiger charge is 2.33. The number of hydrogen-bond acceptors (Lipinski definition) is 3. The van der Waals surface area contributed by atoms with Gasteiger partial charge in [0.1, 0.15) is 0 Å². The second-order valence-electron chi connectivity index (χ2n) is 5.87. The van der Waals surface area contributed by atoms with Crippen LogP contribution in [0.4, 0.5) is 11.4 Å². The topological polar surface area (TPSA) is 78.4 Å². The van der Waals surface area contributed by atoms with E-state index in [0.29, 0.717) is 24.2 Å². The number of amides is 2. The Balaban J connectivity index is 2.04. The SMILES string of the molecule is CC(=O)Nc1ccc(C)c(NC(=O)CC2(O)CCCC2)c1. The standard InChI is InChI=1S/C16H22N2O3/c1-11-5-6-13(17-12(2)19)9-14(11)18-15(20)10-16(21)7-3-4-8-16/h5-6,9,21H,3-4,7-8,10H2,1-2H3,(H,17,19)(H,18,20). The summed E-state index contributed by atoms with van der Waals surface area (Å²) in [5.41, 5.74) is 1.36. The fraction of sp³-hybridized carbons (Fsp3) is 0.500. The van der Waals surface area contributed by atoms with Crippen molar-refractivity contribution in [1.29, 1.82) is 0 Å². The third-order valence-electron chi connectivity index (χ3n) is 3.86. The lowest BCUT2D eigenvalue weighted by molar-refractivity contribution is -0.120. The van der Waals surface area contributed by atoms with Gasteiger partial charge >= 0.3 is 0 Å². The van der Waals surface area contributed by atoms with E-state index in [1.54, 1.807) is 12.1 Å². The van der Waals surface area contributed by atoms with Crippen molar-refractivity contribution in [3.05, 3.63) is 23.8 Å². The van der Waals surface area contributed by atoms with E-state index in [9.17, 15) is 14.7 Å². The molecule has 1 aliphatic rings. The molecule has 0 atom stereocenters. The predicted molar refractivity (Wildman–Crippen MR) is 82.1 cm³/mol. The quantitative estimate of drug-likeness (QED) is 0.797. The average molecular weight is 290 g/mol. The molecule has 21 heavy (non-hydrogen) atoms. The molecule has 1 saturated carbocycles. The van der Waals surface area contributed by atoms with Crippen molar-refractivity contribution in [2.45, 2.75) is 51.6 Å². The summed E-state index contributed by atoms with van der Waals surface area (Å²) in [6.45, 7) is 3.32. The minimum absolute atomic E-state index is 0.122. The summed E-state index contributed by atoms with van der Waals surface area (Å²) in [5, 5.41) is 15.8. The third kappa shape index (κ3) is 4.29. The zero-order valence-corrected chi connectivity index (χ0v) is 12.5. The smallest absolute Gasteiger partial charge is 0.227 e. The maximum atomic E-state index is 12.1. The Morgan fingerprint density at radius 2 is 1.90 bits per heavy atom. The third-order valence-corrected chi connectivity index (χ3v) is 3.86. The molecule has 3 N–H and O–H groups in total. The van der Waals surface area contributed by atoms with Crippen molar-refractivity contribution < 1.29 is 14.7 Å². The Morgan fingerprint density at radius 3 is 2.52 bits per heavy atom. The highest BCUT2D eigenvalue weighted by atomic mass is 16.3. The minimum Gasteiger partial charge on any atom is -0.389 e. The van der Waals surface area contributed by atoms with Crippen molar-refractivity contribution in [3.8, 4) is 0 Å². The molecule has 2 rings (SSSR count). The Hall–Kier alpha value is -1.88. The molecular weight excluding hydrogens is 268 g/mol. The van der Waals surface area contributed by atoms with Gasteiger partial charge in [-0.25, -0.2) is 0 Å². The van der Waals surface area contributed by atoms with Gasteiger partial charge in [-0.15, -0.1) is 0 Å². The van der Waals surface area contributed by atoms with Gasteiger partial charge in [0, 0.05) is 18.3 Å². The van der Waals surface area contributed by atoms with Crippen molar-refractivity contribution in [2.24, 2.45) is 0 Å². The van der Waals surface area contributed by atoms with E-state index in [1.807, 2.05) is 13.0 Å². The van der Waals surface area contributed by atoms with Crippen LogP contribution in [-0.4, -0.2) is 22.5 Å². The van der Waals surface area contributed by atoms with Gasteiger partial charge in [0.2, 0.25) is 11.8 Å². The van der Waals surface area contributed by atoms with Gasteiger partial charge in [0.25, 0.3) is 0 Å². The van der Waals surface area contributed by atoms with Crippen LogP contribution in [-0.2, 0) is 9.59 Å². The predicted octanol–water partition coefficient (Wildman–Crippen LogP) is 2.59.